The van der Waals surface area contributed by atoms with E-state index in [2.05, 4.69) is 19.2 Å². The highest BCUT2D eigenvalue weighted by Crippen LogP contribution is 2.34. The summed E-state index contributed by atoms with van der Waals surface area (Å²) in [6.45, 7) is 5.46. The molecule has 2 amide bonds. The van der Waals surface area contributed by atoms with Crippen LogP contribution in [0.4, 0.5) is 4.39 Å². The third-order valence-corrected chi connectivity index (χ3v) is 5.58. The van der Waals surface area contributed by atoms with Crippen LogP contribution < -0.4 is 5.32 Å². The fraction of sp³-hybridized carbons (Fsp3) is 0.391. The first-order valence-corrected chi connectivity index (χ1v) is 10.3. The van der Waals surface area contributed by atoms with E-state index in [1.807, 2.05) is 6.07 Å². The van der Waals surface area contributed by atoms with Gasteiger partial charge in [-0.05, 0) is 54.3 Å². The Morgan fingerprint density at radius 3 is 2.55 bits per heavy atom. The maximum absolute atomic E-state index is 13.8. The maximum atomic E-state index is 13.8. The quantitative estimate of drug-likeness (QED) is 0.753. The predicted octanol–water partition coefficient (Wildman–Crippen LogP) is 4.50. The van der Waals surface area contributed by atoms with Crippen molar-refractivity contribution in [3.05, 3.63) is 70.5 Å². The average Bonchev–Trinajstić information content (AvgIpc) is 3.13. The molecule has 1 aliphatic heterocycles. The van der Waals surface area contributed by atoms with Crippen LogP contribution in [0, 0.1) is 17.7 Å². The molecule has 0 aromatic heterocycles. The molecule has 0 aliphatic carbocycles. The van der Waals surface area contributed by atoms with E-state index in [1.54, 1.807) is 35.2 Å². The predicted molar refractivity (Wildman–Crippen MR) is 112 cm³/mol. The molecule has 6 heteroatoms. The fourth-order valence-electron chi connectivity index (χ4n) is 3.70. The van der Waals surface area contributed by atoms with Crippen molar-refractivity contribution in [3.63, 3.8) is 0 Å². The lowest BCUT2D eigenvalue weighted by atomic mass is 9.88. The molecule has 4 nitrogen and oxygen atoms in total. The Morgan fingerprint density at radius 1 is 1.17 bits per heavy atom. The Labute approximate surface area is 176 Å². The van der Waals surface area contributed by atoms with Gasteiger partial charge in [-0.15, -0.1) is 0 Å². The molecule has 29 heavy (non-hydrogen) atoms. The standard InChI is InChI=1S/C23H26ClFN2O2/c1-15(2)10-11-26-22(28)21-14-27(23(29)16-6-8-18(24)9-7-16)13-20(21)17-4-3-5-19(25)12-17/h3-9,12,15,20-21H,10-11,13-14H2,1-2H3,(H,26,28)/t20-,21+/m0/s1. The summed E-state index contributed by atoms with van der Waals surface area (Å²) in [7, 11) is 0. The van der Waals surface area contributed by atoms with E-state index in [4.69, 9.17) is 11.6 Å². The smallest absolute Gasteiger partial charge is 0.253 e. The number of likely N-dealkylation sites (tertiary alicyclic amines) is 1. The van der Waals surface area contributed by atoms with Crippen LogP contribution >= 0.6 is 11.6 Å². The average molecular weight is 417 g/mol. The van der Waals surface area contributed by atoms with Crippen molar-refractivity contribution in [3.8, 4) is 0 Å². The minimum absolute atomic E-state index is 0.0914. The first kappa shape index (κ1) is 21.3. The van der Waals surface area contributed by atoms with Crippen molar-refractivity contribution in [2.45, 2.75) is 26.2 Å². The van der Waals surface area contributed by atoms with E-state index in [9.17, 15) is 14.0 Å². The molecule has 1 aliphatic rings. The van der Waals surface area contributed by atoms with Gasteiger partial charge in [0.1, 0.15) is 5.82 Å². The molecular formula is C23H26ClFN2O2. The van der Waals surface area contributed by atoms with Gasteiger partial charge in [-0.2, -0.15) is 0 Å². The third kappa shape index (κ3) is 5.36. The molecule has 2 aromatic rings. The fourth-order valence-corrected chi connectivity index (χ4v) is 3.83. The molecule has 0 radical (unpaired) electrons. The summed E-state index contributed by atoms with van der Waals surface area (Å²) in [5.41, 5.74) is 1.26. The van der Waals surface area contributed by atoms with E-state index in [0.29, 0.717) is 36.1 Å². The number of amides is 2. The number of nitrogens with zero attached hydrogens (tertiary/aromatic N) is 1. The van der Waals surface area contributed by atoms with Gasteiger partial charge in [0, 0.05) is 36.1 Å². The van der Waals surface area contributed by atoms with E-state index in [1.165, 1.54) is 12.1 Å². The molecule has 0 spiro atoms. The van der Waals surface area contributed by atoms with Crippen molar-refractivity contribution >= 4 is 23.4 Å². The van der Waals surface area contributed by atoms with Gasteiger partial charge in [-0.1, -0.05) is 37.6 Å². The van der Waals surface area contributed by atoms with Crippen LogP contribution in [-0.2, 0) is 4.79 Å². The van der Waals surface area contributed by atoms with E-state index >= 15 is 0 Å². The highest BCUT2D eigenvalue weighted by atomic mass is 35.5. The molecule has 1 saturated heterocycles. The van der Waals surface area contributed by atoms with Gasteiger partial charge >= 0.3 is 0 Å². The monoisotopic (exact) mass is 416 g/mol. The second-order valence-electron chi connectivity index (χ2n) is 7.96. The molecule has 1 fully saturated rings. The van der Waals surface area contributed by atoms with Gasteiger partial charge in [0.15, 0.2) is 0 Å². The second kappa shape index (κ2) is 9.40. The van der Waals surface area contributed by atoms with Crippen molar-refractivity contribution in [2.75, 3.05) is 19.6 Å². The normalized spacial score (nSPS) is 18.9. The molecule has 0 unspecified atom stereocenters. The van der Waals surface area contributed by atoms with Gasteiger partial charge in [-0.25, -0.2) is 4.39 Å². The molecule has 154 valence electrons. The zero-order chi connectivity index (χ0) is 21.0. The SMILES string of the molecule is CC(C)CCNC(=O)[C@@H]1CN(C(=O)c2ccc(Cl)cc2)C[C@H]1c1cccc(F)c1. The Balaban J connectivity index is 1.80. The van der Waals surface area contributed by atoms with Crippen molar-refractivity contribution in [1.29, 1.82) is 0 Å². The summed E-state index contributed by atoms with van der Waals surface area (Å²) in [5.74, 6) is -0.766. The molecule has 2 atom stereocenters. The topological polar surface area (TPSA) is 49.4 Å². The van der Waals surface area contributed by atoms with Crippen LogP contribution in [-0.4, -0.2) is 36.3 Å². The van der Waals surface area contributed by atoms with E-state index in [0.717, 1.165) is 12.0 Å². The van der Waals surface area contributed by atoms with Crippen molar-refractivity contribution in [1.82, 2.24) is 10.2 Å². The number of halogens is 2. The van der Waals surface area contributed by atoms with Crippen LogP contribution in [0.15, 0.2) is 48.5 Å². The van der Waals surface area contributed by atoms with Crippen molar-refractivity contribution in [2.24, 2.45) is 11.8 Å². The lowest BCUT2D eigenvalue weighted by Crippen LogP contribution is -2.36. The highest BCUT2D eigenvalue weighted by Gasteiger charge is 2.40. The minimum atomic E-state index is -0.416. The Morgan fingerprint density at radius 2 is 1.90 bits per heavy atom. The summed E-state index contributed by atoms with van der Waals surface area (Å²) < 4.78 is 13.8. The van der Waals surface area contributed by atoms with E-state index in [-0.39, 0.29) is 23.5 Å². The summed E-state index contributed by atoms with van der Waals surface area (Å²) in [5, 5.41) is 3.55. The van der Waals surface area contributed by atoms with Crippen LogP contribution in [0.3, 0.4) is 0 Å². The zero-order valence-corrected chi connectivity index (χ0v) is 17.5. The first-order valence-electron chi connectivity index (χ1n) is 9.93. The number of benzene rings is 2. The van der Waals surface area contributed by atoms with Crippen LogP contribution in [0.1, 0.15) is 42.1 Å². The molecule has 1 N–H and O–H groups in total. The van der Waals surface area contributed by atoms with Gasteiger partial charge in [-0.3, -0.25) is 9.59 Å². The summed E-state index contributed by atoms with van der Waals surface area (Å²) in [4.78, 5) is 27.5. The maximum Gasteiger partial charge on any atom is 0.253 e. The second-order valence-corrected chi connectivity index (χ2v) is 8.40. The Kier molecular flexibility index (Phi) is 6.91. The summed E-state index contributed by atoms with van der Waals surface area (Å²) in [6, 6.07) is 13.0. The van der Waals surface area contributed by atoms with E-state index < -0.39 is 5.92 Å². The number of nitrogens with one attached hydrogen (secondary N) is 1. The Bertz CT molecular complexity index is 869. The Hall–Kier alpha value is -2.40. The number of carbonyl (C=O) groups excluding carboxylic acids is 2. The highest BCUT2D eigenvalue weighted by molar-refractivity contribution is 6.30. The molecular weight excluding hydrogens is 391 g/mol. The van der Waals surface area contributed by atoms with Crippen LogP contribution in [0.5, 0.6) is 0 Å². The number of rotatable bonds is 6. The van der Waals surface area contributed by atoms with Crippen LogP contribution in [0.25, 0.3) is 0 Å². The minimum Gasteiger partial charge on any atom is -0.356 e. The lowest BCUT2D eigenvalue weighted by Gasteiger charge is -2.18. The van der Waals surface area contributed by atoms with Gasteiger partial charge < -0.3 is 10.2 Å². The van der Waals surface area contributed by atoms with Gasteiger partial charge in [0.2, 0.25) is 5.91 Å². The molecule has 3 rings (SSSR count). The first-order chi connectivity index (χ1) is 13.8. The summed E-state index contributed by atoms with van der Waals surface area (Å²) in [6.07, 6.45) is 0.885. The number of hydrogen-bond acceptors (Lipinski definition) is 2. The molecule has 2 aromatic carbocycles. The largest absolute Gasteiger partial charge is 0.356 e. The number of carbonyl (C=O) groups is 2. The van der Waals surface area contributed by atoms with Crippen LogP contribution in [0.2, 0.25) is 5.02 Å². The van der Waals surface area contributed by atoms with Gasteiger partial charge in [0.25, 0.3) is 5.91 Å². The zero-order valence-electron chi connectivity index (χ0n) is 16.7. The third-order valence-electron chi connectivity index (χ3n) is 5.33. The number of hydrogen-bond donors (Lipinski definition) is 1. The summed E-state index contributed by atoms with van der Waals surface area (Å²) >= 11 is 5.92. The molecule has 0 saturated carbocycles. The van der Waals surface area contributed by atoms with Gasteiger partial charge in [0.05, 0.1) is 5.92 Å². The van der Waals surface area contributed by atoms with Crippen molar-refractivity contribution < 1.29 is 14.0 Å². The lowest BCUT2D eigenvalue weighted by molar-refractivity contribution is -0.124. The molecule has 1 heterocycles. The molecule has 0 bridgehead atoms.